The van der Waals surface area contributed by atoms with E-state index in [2.05, 4.69) is 59.6 Å². The molecule has 0 saturated heterocycles. The van der Waals surface area contributed by atoms with Crippen molar-refractivity contribution in [3.8, 4) is 28.7 Å². The van der Waals surface area contributed by atoms with Gasteiger partial charge in [-0.15, -0.1) is 20.7 Å². The molecule has 0 amide bonds. The quantitative estimate of drug-likeness (QED) is 0.0161. The molecule has 522 valence electrons. The average Bonchev–Trinajstić information content (AvgIpc) is 0.740. The SMILES string of the molecule is C.C.C.CC(C)(C)c1ccc(O)cc1.COC(=O)Cl.[2H]C([2H])([2H])C(C)(c1cc(C(C)(C)C)c(N)cc1OC(C)=O)C([2H])([2H])[2H].[2H]Cl.[2H]Oc1c([2H])cc(C(C)(C)C)cc1C(C)(C([2H])([2H])[2H])C([2H])([2H])[2H].[2H]Oc1c([2H])cc(C(C)(C)C)cc1[2H].[2H][O+]([2H])S(=O)(=O)O.[2H]c1cc(C(C)(C)C)cc(C(C)(C([2H])([2H])[2H])C([2H])([2H])[2H])c1OC(C)=O.[CH3-].[Pd]. The molecule has 0 saturated carbocycles. The van der Waals surface area contributed by atoms with Gasteiger partial charge in [0.1, 0.15) is 29.9 Å². The van der Waals surface area contributed by atoms with E-state index in [1.165, 1.54) is 49.1 Å². The third kappa shape index (κ3) is 42.1. The Morgan fingerprint density at radius 3 is 1.20 bits per heavy atom. The van der Waals surface area contributed by atoms with Crippen LogP contribution < -0.4 is 15.2 Å². The maximum absolute atomic E-state index is 11.4. The Morgan fingerprint density at radius 2 is 0.878 bits per heavy atom. The standard InChI is InChI=1S/C16H25NO2.C16H24O2.C14H22O.2C10H14O.C2H3ClO2.3CH4.CH3.ClH.H2O4S.Pd/c1-10(18)19-14-9-13(17)11(15(2,3)4)8-12(14)16(5,6)7;1-11(17)18-14-9-8-12(15(2,3)4)10-13(14)16(5,6)7;1-13(2,3)10-7-8-12(15)11(9-10)14(4,5)6;2*1-10(2,3)8-4-6-9(11)7-5-8;1-5-2(3)4;;;;;;1-5(2,3)4;/h8-9H,17H2,1-7H3;8-10H,1-7H3;7-9,15H,1-6H3;2*4-7,11H,1-3H3;1H3;3*1H4;1H3;1H;(H2,1,2,3,4);/q;;;;;;;;;-1;;;/p+1/i5D3,6D3;5D3,6D3,9D;4D3,5D3,8D;6D,7D;;;;;;;;;/hD5. The minimum absolute atomic E-state index is 0. The van der Waals surface area contributed by atoms with Gasteiger partial charge in [0, 0.05) is 93.4 Å². The van der Waals surface area contributed by atoms with E-state index in [1.807, 2.05) is 95.2 Å². The summed E-state index contributed by atoms with van der Waals surface area (Å²) in [6, 6.07) is 18.9. The van der Waals surface area contributed by atoms with E-state index in [1.54, 1.807) is 24.3 Å². The summed E-state index contributed by atoms with van der Waals surface area (Å²) in [6.45, 7) is 17.6. The summed E-state index contributed by atoms with van der Waals surface area (Å²) in [5.41, 5.74) is 1.02. The number of hydrogen-bond donors (Lipinski definition) is 5. The predicted octanol–water partition coefficient (Wildman–Crippen LogP) is 19.6. The summed E-state index contributed by atoms with van der Waals surface area (Å²) in [4.78, 5) is 32.2. The number of nitrogens with two attached hydrogens (primary N) is 1. The number of carbonyl (C=O) groups is 3. The van der Waals surface area contributed by atoms with Gasteiger partial charge < -0.3 is 47.3 Å². The molecule has 5 aromatic rings. The van der Waals surface area contributed by atoms with Gasteiger partial charge in [-0.3, -0.25) is 9.59 Å². The first-order chi connectivity index (χ1) is 49.5. The van der Waals surface area contributed by atoms with E-state index in [9.17, 15) is 22.8 Å². The Balaban J connectivity index is -0.000000205. The Bertz CT molecular complexity index is 3980. The Kier molecular flexibility index (Phi) is 25.0. The van der Waals surface area contributed by atoms with Crippen molar-refractivity contribution in [3.05, 3.63) is 149 Å². The number of benzene rings is 5. The summed E-state index contributed by atoms with van der Waals surface area (Å²) < 4.78 is 243. The van der Waals surface area contributed by atoms with E-state index >= 15 is 0 Å². The summed E-state index contributed by atoms with van der Waals surface area (Å²) in [7, 11) is -3.44. The number of anilines is 1. The number of halogens is 2. The van der Waals surface area contributed by atoms with Crippen LogP contribution in [0.15, 0.2) is 97.0 Å². The first-order valence-electron chi connectivity index (χ1n) is 38.8. The number of phenols is 3. The van der Waals surface area contributed by atoms with Crippen LogP contribution in [0.4, 0.5) is 10.5 Å². The van der Waals surface area contributed by atoms with Gasteiger partial charge in [0.2, 0.25) is 0 Å². The van der Waals surface area contributed by atoms with Crippen LogP contribution in [0.3, 0.4) is 0 Å². The number of phenolic OH excluding ortho intramolecular Hbond substituents is 3. The van der Waals surface area contributed by atoms with E-state index in [0.717, 1.165) is 40.2 Å². The van der Waals surface area contributed by atoms with E-state index in [-0.39, 0.29) is 129 Å². The molecule has 0 aliphatic rings. The molecule has 90 heavy (non-hydrogen) atoms. The number of hydrogen-bond acceptors (Lipinski definition) is 12. The summed E-state index contributed by atoms with van der Waals surface area (Å²) in [5.74, 6) is -1.91. The zero-order chi connectivity index (χ0) is 90.2. The molecule has 0 atom stereocenters. The molecule has 0 bridgehead atoms. The maximum atomic E-state index is 11.4. The van der Waals surface area contributed by atoms with Gasteiger partial charge in [-0.05, 0) is 119 Å². The number of aromatic hydroxyl groups is 3. The van der Waals surface area contributed by atoms with Gasteiger partial charge in [0.25, 0.3) is 2.86 Å². The second kappa shape index (κ2) is 40.7. The summed E-state index contributed by atoms with van der Waals surface area (Å²) in [5, 5.41) is 17.7. The molecule has 0 heterocycles. The molecule has 0 fully saturated rings. The van der Waals surface area contributed by atoms with Crippen molar-refractivity contribution in [2.24, 2.45) is 0 Å². The number of rotatable bonds is 5. The Morgan fingerprint density at radius 1 is 0.544 bits per heavy atom. The maximum Gasteiger partial charge on any atom is 0.526 e. The van der Waals surface area contributed by atoms with E-state index in [0.29, 0.717) is 28.1 Å². The van der Waals surface area contributed by atoms with Crippen LogP contribution in [0, 0.1) is 7.43 Å². The molecule has 0 aliphatic heterocycles. The fraction of sp³-hybridized carbons (Fsp3) is 0.528. The molecule has 0 aromatic heterocycles. The molecular weight excluding hydrogens is 1300 g/mol. The fourth-order valence-corrected chi connectivity index (χ4v) is 6.44. The molecular formula is C72H121Cl2NO13PdS. The fourth-order valence-electron chi connectivity index (χ4n) is 6.44. The number of esters is 2. The molecule has 5 aromatic carbocycles. The van der Waals surface area contributed by atoms with Crippen molar-refractivity contribution >= 4 is 57.4 Å². The van der Waals surface area contributed by atoms with Crippen molar-refractivity contribution in [2.45, 2.75) is 245 Å². The molecule has 18 heteroatoms. The van der Waals surface area contributed by atoms with Crippen LogP contribution in [-0.2, 0) is 88.5 Å². The first-order valence-corrected chi connectivity index (χ1v) is 27.5. The van der Waals surface area contributed by atoms with Crippen molar-refractivity contribution in [3.63, 3.8) is 0 Å². The van der Waals surface area contributed by atoms with E-state index in [4.69, 9.17) is 61.9 Å². The smallest absolute Gasteiger partial charge is 0.508 e. The Labute approximate surface area is 609 Å². The number of methoxy groups -OCH3 is 1. The largest absolute Gasteiger partial charge is 0.526 e. The molecule has 0 unspecified atom stereocenters. The van der Waals surface area contributed by atoms with Gasteiger partial charge in [0.05, 0.1) is 12.6 Å². The van der Waals surface area contributed by atoms with Gasteiger partial charge in [-0.2, -0.15) is 0 Å². The third-order valence-corrected chi connectivity index (χ3v) is 11.2. The normalized spacial score (nSPS) is 16.2. The molecule has 14 nitrogen and oxygen atoms in total. The second-order valence-corrected chi connectivity index (χ2v) is 26.0. The predicted molar refractivity (Wildman–Crippen MR) is 381 cm³/mol. The second-order valence-electron chi connectivity index (χ2n) is 24.8. The molecule has 0 radical (unpaired) electrons. The summed E-state index contributed by atoms with van der Waals surface area (Å²) >= 11 is 8.49. The zero-order valence-electron chi connectivity index (χ0n) is 80.9. The molecule has 0 aliphatic carbocycles. The van der Waals surface area contributed by atoms with Gasteiger partial charge in [-0.25, -0.2) is 9.35 Å². The van der Waals surface area contributed by atoms with Crippen molar-refractivity contribution in [2.75, 3.05) is 12.8 Å². The van der Waals surface area contributed by atoms with Crippen molar-refractivity contribution in [1.29, 1.82) is 6.90 Å². The number of nitrogen functional groups attached to an aromatic ring is 1. The molecule has 8 N–H and O–H groups in total. The molecule has 0 spiro atoms. The van der Waals surface area contributed by atoms with Crippen LogP contribution in [0.5, 0.6) is 28.7 Å². The van der Waals surface area contributed by atoms with Gasteiger partial charge >= 0.3 is 30.6 Å². The van der Waals surface area contributed by atoms with Crippen LogP contribution in [-0.4, -0.2) is 64.2 Å². The van der Waals surface area contributed by atoms with Crippen LogP contribution in [0.1, 0.15) is 277 Å². The number of carbonyl (C=O) groups excluding carboxylic acids is 3. The van der Waals surface area contributed by atoms with Crippen LogP contribution >= 0.6 is 23.9 Å². The Hall–Kier alpha value is -5.18. The third-order valence-electron chi connectivity index (χ3n) is 11.1. The summed E-state index contributed by atoms with van der Waals surface area (Å²) in [6.07, 6.45) is 0. The number of ether oxygens (including phenoxy) is 3. The van der Waals surface area contributed by atoms with Gasteiger partial charge in [0.15, 0.2) is 0 Å². The molecule has 5 rings (SSSR count). The first kappa shape index (κ1) is 55.3. The average molecular weight is 1450 g/mol. The zero-order valence-corrected chi connectivity index (χ0v) is 57.8. The van der Waals surface area contributed by atoms with Gasteiger partial charge in [-0.1, -0.05) is 237 Å². The van der Waals surface area contributed by atoms with Crippen molar-refractivity contribution < 1.29 is 112 Å². The minimum Gasteiger partial charge on any atom is -0.508 e. The van der Waals surface area contributed by atoms with Crippen LogP contribution in [0.2, 0.25) is 0 Å². The topological polar surface area (TPSA) is 243 Å². The minimum atomic E-state index is -4.66. The van der Waals surface area contributed by atoms with E-state index < -0.39 is 101 Å². The van der Waals surface area contributed by atoms with Crippen molar-refractivity contribution in [1.82, 2.24) is 0 Å². The van der Waals surface area contributed by atoms with Crippen LogP contribution in [0.25, 0.3) is 0 Å². The monoisotopic (exact) mass is 1440 g/mol.